The summed E-state index contributed by atoms with van der Waals surface area (Å²) in [4.78, 5) is 39.7. The van der Waals surface area contributed by atoms with E-state index in [0.29, 0.717) is 30.1 Å². The Kier molecular flexibility index (Phi) is 6.48. The number of carbonyl (C=O) groups excluding carboxylic acids is 3. The summed E-state index contributed by atoms with van der Waals surface area (Å²) in [7, 11) is 0.790. The molecular formula is C20H24N4O5S2. The molecule has 0 unspecified atom stereocenters. The third-order valence-electron chi connectivity index (χ3n) is 5.08. The van der Waals surface area contributed by atoms with Gasteiger partial charge in [-0.1, -0.05) is 0 Å². The molecule has 9 nitrogen and oxygen atoms in total. The van der Waals surface area contributed by atoms with Crippen LogP contribution in [0.15, 0.2) is 29.2 Å². The van der Waals surface area contributed by atoms with Crippen LogP contribution in [0.2, 0.25) is 0 Å². The Bertz CT molecular complexity index is 1140. The van der Waals surface area contributed by atoms with Crippen LogP contribution in [0.3, 0.4) is 0 Å². The minimum atomic E-state index is -3.60. The predicted octanol–water partition coefficient (Wildman–Crippen LogP) is 1.51. The molecular weight excluding hydrogens is 440 g/mol. The van der Waals surface area contributed by atoms with E-state index in [0.717, 1.165) is 14.7 Å². The first kappa shape index (κ1) is 22.9. The standard InChI is InChI=1S/C20H24N4O5S2/c1-12(25)24-10-9-15-16(11-24)30-20(17(15)19(27)21-2)22-18(26)13-5-7-14(8-6-13)31(28,29)23(3)4/h5-8H,9-11H2,1-4H3,(H,21,27)(H,22,26). The van der Waals surface area contributed by atoms with Gasteiger partial charge in [-0.25, -0.2) is 12.7 Å². The molecule has 0 spiro atoms. The van der Waals surface area contributed by atoms with Gasteiger partial charge in [0.05, 0.1) is 17.0 Å². The summed E-state index contributed by atoms with van der Waals surface area (Å²) in [5, 5.41) is 5.79. The number of fused-ring (bicyclic) bond motifs is 1. The van der Waals surface area contributed by atoms with Crippen molar-refractivity contribution in [3.05, 3.63) is 45.8 Å². The van der Waals surface area contributed by atoms with Crippen LogP contribution in [0.5, 0.6) is 0 Å². The van der Waals surface area contributed by atoms with E-state index >= 15 is 0 Å². The molecule has 31 heavy (non-hydrogen) atoms. The first-order valence-electron chi connectivity index (χ1n) is 9.52. The predicted molar refractivity (Wildman–Crippen MR) is 118 cm³/mol. The van der Waals surface area contributed by atoms with Gasteiger partial charge in [0, 0.05) is 45.1 Å². The molecule has 2 heterocycles. The first-order chi connectivity index (χ1) is 14.6. The summed E-state index contributed by atoms with van der Waals surface area (Å²) < 4.78 is 25.5. The van der Waals surface area contributed by atoms with Crippen LogP contribution < -0.4 is 10.6 Å². The number of rotatable bonds is 5. The van der Waals surface area contributed by atoms with E-state index in [1.54, 1.807) is 4.90 Å². The Morgan fingerprint density at radius 2 is 1.74 bits per heavy atom. The highest BCUT2D eigenvalue weighted by Gasteiger charge is 2.29. The molecule has 0 radical (unpaired) electrons. The molecule has 1 aromatic carbocycles. The first-order valence-corrected chi connectivity index (χ1v) is 11.8. The summed E-state index contributed by atoms with van der Waals surface area (Å²) in [6, 6.07) is 5.59. The van der Waals surface area contributed by atoms with E-state index in [2.05, 4.69) is 10.6 Å². The van der Waals surface area contributed by atoms with E-state index < -0.39 is 15.9 Å². The molecule has 1 aliphatic heterocycles. The maximum Gasteiger partial charge on any atom is 0.256 e. The highest BCUT2D eigenvalue weighted by atomic mass is 32.2. The van der Waals surface area contributed by atoms with Crippen LogP contribution in [0, 0.1) is 0 Å². The molecule has 2 aromatic rings. The zero-order chi connectivity index (χ0) is 22.9. The number of carbonyl (C=O) groups is 3. The van der Waals surface area contributed by atoms with Crippen molar-refractivity contribution in [3.63, 3.8) is 0 Å². The average molecular weight is 465 g/mol. The summed E-state index contributed by atoms with van der Waals surface area (Å²) in [6.07, 6.45) is 0.529. The number of sulfonamides is 1. The molecule has 11 heteroatoms. The van der Waals surface area contributed by atoms with Gasteiger partial charge in [-0.15, -0.1) is 11.3 Å². The number of hydrogen-bond acceptors (Lipinski definition) is 6. The molecule has 1 aliphatic rings. The minimum absolute atomic E-state index is 0.0427. The van der Waals surface area contributed by atoms with Crippen LogP contribution in [-0.4, -0.2) is 63.0 Å². The molecule has 0 bridgehead atoms. The largest absolute Gasteiger partial charge is 0.355 e. The normalized spacial score (nSPS) is 13.6. The van der Waals surface area contributed by atoms with Gasteiger partial charge >= 0.3 is 0 Å². The lowest BCUT2D eigenvalue weighted by atomic mass is 10.0. The number of nitrogens with zero attached hydrogens (tertiary/aromatic N) is 2. The molecule has 0 aliphatic carbocycles. The molecule has 166 valence electrons. The smallest absolute Gasteiger partial charge is 0.256 e. The quantitative estimate of drug-likeness (QED) is 0.696. The molecule has 0 atom stereocenters. The summed E-state index contributed by atoms with van der Waals surface area (Å²) in [6.45, 7) is 2.41. The number of hydrogen-bond donors (Lipinski definition) is 2. The van der Waals surface area contributed by atoms with E-state index in [4.69, 9.17) is 0 Å². The van der Waals surface area contributed by atoms with Crippen molar-refractivity contribution in [3.8, 4) is 0 Å². The van der Waals surface area contributed by atoms with Crippen molar-refractivity contribution in [2.24, 2.45) is 0 Å². The lowest BCUT2D eigenvalue weighted by Crippen LogP contribution is -2.34. The number of amides is 3. The number of thiophene rings is 1. The lowest BCUT2D eigenvalue weighted by molar-refractivity contribution is -0.129. The zero-order valence-corrected chi connectivity index (χ0v) is 19.3. The molecule has 3 amide bonds. The highest BCUT2D eigenvalue weighted by Crippen LogP contribution is 2.37. The maximum atomic E-state index is 12.8. The molecule has 0 fully saturated rings. The minimum Gasteiger partial charge on any atom is -0.355 e. The van der Waals surface area contributed by atoms with Gasteiger partial charge in [0.25, 0.3) is 11.8 Å². The fraction of sp³-hybridized carbons (Fsp3) is 0.350. The Morgan fingerprint density at radius 1 is 1.10 bits per heavy atom. The Labute approximate surface area is 185 Å². The molecule has 2 N–H and O–H groups in total. The zero-order valence-electron chi connectivity index (χ0n) is 17.7. The van der Waals surface area contributed by atoms with Gasteiger partial charge in [-0.2, -0.15) is 0 Å². The average Bonchev–Trinajstić information content (AvgIpc) is 3.09. The van der Waals surface area contributed by atoms with Gasteiger partial charge in [0.15, 0.2) is 0 Å². The maximum absolute atomic E-state index is 12.8. The summed E-state index contributed by atoms with van der Waals surface area (Å²) in [5.41, 5.74) is 1.51. The van der Waals surface area contributed by atoms with Crippen LogP contribution >= 0.6 is 11.3 Å². The van der Waals surface area contributed by atoms with Gasteiger partial charge in [0.2, 0.25) is 15.9 Å². The molecule has 1 aromatic heterocycles. The van der Waals surface area contributed by atoms with Crippen LogP contribution in [0.4, 0.5) is 5.00 Å². The third kappa shape index (κ3) is 4.48. The molecule has 0 saturated carbocycles. The van der Waals surface area contributed by atoms with Crippen molar-refractivity contribution in [1.82, 2.24) is 14.5 Å². The third-order valence-corrected chi connectivity index (χ3v) is 8.04. The Balaban J connectivity index is 1.89. The second kappa shape index (κ2) is 8.77. The van der Waals surface area contributed by atoms with Crippen molar-refractivity contribution in [1.29, 1.82) is 0 Å². The van der Waals surface area contributed by atoms with Crippen LogP contribution in [0.25, 0.3) is 0 Å². The van der Waals surface area contributed by atoms with Gasteiger partial charge in [0.1, 0.15) is 5.00 Å². The number of nitrogens with one attached hydrogen (secondary N) is 2. The monoisotopic (exact) mass is 464 g/mol. The number of benzene rings is 1. The van der Waals surface area contributed by atoms with Crippen molar-refractivity contribution >= 4 is 44.1 Å². The summed E-state index contributed by atoms with van der Waals surface area (Å²) in [5.74, 6) is -0.809. The molecule has 0 saturated heterocycles. The van der Waals surface area contributed by atoms with Crippen LogP contribution in [-0.2, 0) is 27.8 Å². The summed E-state index contributed by atoms with van der Waals surface area (Å²) >= 11 is 1.27. The second-order valence-corrected chi connectivity index (χ2v) is 10.5. The van der Waals surface area contributed by atoms with Gasteiger partial charge < -0.3 is 15.5 Å². The van der Waals surface area contributed by atoms with Crippen molar-refractivity contribution in [2.45, 2.75) is 24.8 Å². The fourth-order valence-corrected chi connectivity index (χ4v) is 5.45. The fourth-order valence-electron chi connectivity index (χ4n) is 3.29. The Morgan fingerprint density at radius 3 is 2.29 bits per heavy atom. The topological polar surface area (TPSA) is 116 Å². The van der Waals surface area contributed by atoms with E-state index in [1.165, 1.54) is 63.7 Å². The van der Waals surface area contributed by atoms with Gasteiger partial charge in [-0.3, -0.25) is 14.4 Å². The Hall–Kier alpha value is -2.76. The van der Waals surface area contributed by atoms with E-state index in [-0.39, 0.29) is 22.3 Å². The SMILES string of the molecule is CNC(=O)c1c(NC(=O)c2ccc(S(=O)(=O)N(C)C)cc2)sc2c1CCN(C(C)=O)C2. The lowest BCUT2D eigenvalue weighted by Gasteiger charge is -2.25. The van der Waals surface area contributed by atoms with Crippen molar-refractivity contribution < 1.29 is 22.8 Å². The highest BCUT2D eigenvalue weighted by molar-refractivity contribution is 7.89. The van der Waals surface area contributed by atoms with Gasteiger partial charge in [-0.05, 0) is 36.2 Å². The van der Waals surface area contributed by atoms with Crippen LogP contribution in [0.1, 0.15) is 38.1 Å². The van der Waals surface area contributed by atoms with E-state index in [1.807, 2.05) is 0 Å². The number of anilines is 1. The van der Waals surface area contributed by atoms with Crippen molar-refractivity contribution in [2.75, 3.05) is 33.0 Å². The second-order valence-electron chi connectivity index (χ2n) is 7.24. The molecule has 3 rings (SSSR count). The van der Waals surface area contributed by atoms with E-state index in [9.17, 15) is 22.8 Å².